The molecule has 1 aliphatic rings. The van der Waals surface area contributed by atoms with Gasteiger partial charge in [-0.15, -0.1) is 0 Å². The topological polar surface area (TPSA) is 58.6 Å². The monoisotopic (exact) mass is 325 g/mol. The molecule has 3 rings (SSSR count). The molecule has 4 nitrogen and oxygen atoms in total. The van der Waals surface area contributed by atoms with Crippen LogP contribution in [-0.2, 0) is 17.6 Å². The number of fused-ring (bicyclic) bond motifs is 1. The third-order valence-electron chi connectivity index (χ3n) is 4.44. The van der Waals surface area contributed by atoms with Crippen LogP contribution in [0.15, 0.2) is 42.5 Å². The summed E-state index contributed by atoms with van der Waals surface area (Å²) in [5.74, 6) is 0.510. The van der Waals surface area contributed by atoms with Gasteiger partial charge in [-0.3, -0.25) is 4.79 Å². The molecule has 126 valence electrons. The molecule has 1 aliphatic carbocycles. The third kappa shape index (κ3) is 3.77. The Morgan fingerprint density at radius 3 is 2.79 bits per heavy atom. The van der Waals surface area contributed by atoms with Crippen molar-refractivity contribution in [2.75, 3.05) is 11.9 Å². The summed E-state index contributed by atoms with van der Waals surface area (Å²) in [7, 11) is 0. The van der Waals surface area contributed by atoms with Crippen molar-refractivity contribution < 1.29 is 14.6 Å². The van der Waals surface area contributed by atoms with E-state index in [0.29, 0.717) is 5.75 Å². The van der Waals surface area contributed by atoms with Gasteiger partial charge in [-0.2, -0.15) is 0 Å². The fourth-order valence-electron chi connectivity index (χ4n) is 3.09. The summed E-state index contributed by atoms with van der Waals surface area (Å²) in [6.45, 7) is 2.06. The van der Waals surface area contributed by atoms with E-state index in [0.717, 1.165) is 42.5 Å². The van der Waals surface area contributed by atoms with Crippen LogP contribution in [0.25, 0.3) is 0 Å². The minimum absolute atomic E-state index is 0.0396. The van der Waals surface area contributed by atoms with Crippen LogP contribution in [0.2, 0.25) is 0 Å². The molecule has 0 radical (unpaired) electrons. The lowest BCUT2D eigenvalue weighted by atomic mass is 9.89. The van der Waals surface area contributed by atoms with Crippen molar-refractivity contribution in [3.05, 3.63) is 59.2 Å². The number of benzene rings is 2. The highest BCUT2D eigenvalue weighted by Gasteiger charge is 2.21. The molecule has 0 heterocycles. The predicted octanol–water partition coefficient (Wildman–Crippen LogP) is 3.64. The minimum atomic E-state index is -0.428. The van der Waals surface area contributed by atoms with Gasteiger partial charge in [-0.1, -0.05) is 31.2 Å². The number of aryl methyl sites for hydroxylation is 1. The van der Waals surface area contributed by atoms with Crippen LogP contribution in [0.5, 0.6) is 5.75 Å². The largest absolute Gasteiger partial charge is 0.483 e. The molecule has 1 amide bonds. The smallest absolute Gasteiger partial charge is 0.262 e. The summed E-state index contributed by atoms with van der Waals surface area (Å²) in [6, 6.07) is 13.5. The van der Waals surface area contributed by atoms with E-state index in [4.69, 9.17) is 4.74 Å². The first-order valence-electron chi connectivity index (χ1n) is 8.49. The van der Waals surface area contributed by atoms with Gasteiger partial charge in [0.1, 0.15) is 5.75 Å². The average molecular weight is 325 g/mol. The van der Waals surface area contributed by atoms with Crippen LogP contribution >= 0.6 is 0 Å². The number of aliphatic hydroxyl groups is 1. The Hall–Kier alpha value is -2.33. The zero-order valence-electron chi connectivity index (χ0n) is 13.9. The standard InChI is InChI=1S/C20H23NO3/c1-2-14-9-11-15(12-10-14)21-20(23)13-24-19-8-4-5-16-17(19)6-3-7-18(16)22/h4-5,8-12,18,22H,2-3,6-7,13H2,1H3,(H,21,23)/t18-/m0/s1. The molecule has 0 unspecified atom stereocenters. The van der Waals surface area contributed by atoms with Gasteiger partial charge in [0.15, 0.2) is 6.61 Å². The molecule has 1 atom stereocenters. The van der Waals surface area contributed by atoms with Gasteiger partial charge in [0.2, 0.25) is 0 Å². The van der Waals surface area contributed by atoms with Gasteiger partial charge in [0, 0.05) is 5.69 Å². The van der Waals surface area contributed by atoms with E-state index >= 15 is 0 Å². The molecule has 2 aromatic carbocycles. The maximum atomic E-state index is 12.1. The lowest BCUT2D eigenvalue weighted by Crippen LogP contribution is -2.21. The van der Waals surface area contributed by atoms with Gasteiger partial charge in [0.25, 0.3) is 5.91 Å². The van der Waals surface area contributed by atoms with Gasteiger partial charge in [0.05, 0.1) is 6.10 Å². The Labute approximate surface area is 142 Å². The SMILES string of the molecule is CCc1ccc(NC(=O)COc2cccc3c2CCC[C@@H]3O)cc1. The molecule has 24 heavy (non-hydrogen) atoms. The highest BCUT2D eigenvalue weighted by molar-refractivity contribution is 5.91. The fraction of sp³-hybridized carbons (Fsp3) is 0.350. The first kappa shape index (κ1) is 16.5. The maximum absolute atomic E-state index is 12.1. The number of anilines is 1. The summed E-state index contributed by atoms with van der Waals surface area (Å²) in [6.07, 6.45) is 3.14. The van der Waals surface area contributed by atoms with E-state index in [1.54, 1.807) is 0 Å². The molecular weight excluding hydrogens is 302 g/mol. The third-order valence-corrected chi connectivity index (χ3v) is 4.44. The van der Waals surface area contributed by atoms with Gasteiger partial charge < -0.3 is 15.2 Å². The summed E-state index contributed by atoms with van der Waals surface area (Å²) in [4.78, 5) is 12.1. The lowest BCUT2D eigenvalue weighted by molar-refractivity contribution is -0.118. The molecule has 0 spiro atoms. The van der Waals surface area contributed by atoms with E-state index in [1.807, 2.05) is 42.5 Å². The molecule has 2 N–H and O–H groups in total. The molecule has 0 saturated heterocycles. The number of hydrogen-bond donors (Lipinski definition) is 2. The van der Waals surface area contributed by atoms with Crippen molar-refractivity contribution >= 4 is 11.6 Å². The molecule has 0 aromatic heterocycles. The molecule has 0 bridgehead atoms. The minimum Gasteiger partial charge on any atom is -0.483 e. The number of carbonyl (C=O) groups excluding carboxylic acids is 1. The molecule has 4 heteroatoms. The molecule has 0 fully saturated rings. The van der Waals surface area contributed by atoms with Crippen molar-refractivity contribution in [1.29, 1.82) is 0 Å². The Balaban J connectivity index is 1.61. The number of carbonyl (C=O) groups is 1. The Morgan fingerprint density at radius 1 is 1.25 bits per heavy atom. The Morgan fingerprint density at radius 2 is 2.04 bits per heavy atom. The van der Waals surface area contributed by atoms with Crippen molar-refractivity contribution in [3.63, 3.8) is 0 Å². The number of nitrogens with one attached hydrogen (secondary N) is 1. The summed E-state index contributed by atoms with van der Waals surface area (Å²) >= 11 is 0. The zero-order chi connectivity index (χ0) is 16.9. The second-order valence-corrected chi connectivity index (χ2v) is 6.12. The van der Waals surface area contributed by atoms with Gasteiger partial charge in [-0.05, 0) is 60.6 Å². The van der Waals surface area contributed by atoms with Crippen LogP contribution < -0.4 is 10.1 Å². The van der Waals surface area contributed by atoms with Gasteiger partial charge in [-0.25, -0.2) is 0 Å². The highest BCUT2D eigenvalue weighted by Crippen LogP contribution is 2.35. The van der Waals surface area contributed by atoms with Crippen LogP contribution in [-0.4, -0.2) is 17.6 Å². The normalized spacial score (nSPS) is 16.3. The van der Waals surface area contributed by atoms with Crippen molar-refractivity contribution in [3.8, 4) is 5.75 Å². The summed E-state index contributed by atoms with van der Waals surface area (Å²) < 4.78 is 5.71. The second-order valence-electron chi connectivity index (χ2n) is 6.12. The number of ether oxygens (including phenoxy) is 1. The van der Waals surface area contributed by atoms with Crippen LogP contribution in [0.4, 0.5) is 5.69 Å². The van der Waals surface area contributed by atoms with E-state index in [-0.39, 0.29) is 12.5 Å². The van der Waals surface area contributed by atoms with E-state index in [1.165, 1.54) is 5.56 Å². The van der Waals surface area contributed by atoms with Crippen molar-refractivity contribution in [2.24, 2.45) is 0 Å². The fourth-order valence-corrected chi connectivity index (χ4v) is 3.09. The quantitative estimate of drug-likeness (QED) is 0.882. The number of aliphatic hydroxyl groups excluding tert-OH is 1. The summed E-state index contributed by atoms with van der Waals surface area (Å²) in [5.41, 5.74) is 3.95. The van der Waals surface area contributed by atoms with Crippen molar-refractivity contribution in [2.45, 2.75) is 38.7 Å². The number of hydrogen-bond acceptors (Lipinski definition) is 3. The number of amides is 1. The lowest BCUT2D eigenvalue weighted by Gasteiger charge is -2.23. The van der Waals surface area contributed by atoms with E-state index < -0.39 is 6.10 Å². The van der Waals surface area contributed by atoms with Crippen LogP contribution in [0.3, 0.4) is 0 Å². The van der Waals surface area contributed by atoms with E-state index in [9.17, 15) is 9.90 Å². The molecule has 2 aromatic rings. The van der Waals surface area contributed by atoms with Crippen molar-refractivity contribution in [1.82, 2.24) is 0 Å². The number of rotatable bonds is 5. The van der Waals surface area contributed by atoms with Gasteiger partial charge >= 0.3 is 0 Å². The Kier molecular flexibility index (Phi) is 5.16. The molecule has 0 aliphatic heterocycles. The highest BCUT2D eigenvalue weighted by atomic mass is 16.5. The molecule has 0 saturated carbocycles. The van der Waals surface area contributed by atoms with Crippen LogP contribution in [0.1, 0.15) is 42.6 Å². The summed E-state index contributed by atoms with van der Waals surface area (Å²) in [5, 5.41) is 12.9. The van der Waals surface area contributed by atoms with E-state index in [2.05, 4.69) is 12.2 Å². The van der Waals surface area contributed by atoms with Crippen LogP contribution in [0, 0.1) is 0 Å². The zero-order valence-corrected chi connectivity index (χ0v) is 13.9. The average Bonchev–Trinajstić information content (AvgIpc) is 2.61. The Bertz CT molecular complexity index is 709. The second kappa shape index (κ2) is 7.49. The molecular formula is C20H23NO3. The maximum Gasteiger partial charge on any atom is 0.262 e. The first-order chi connectivity index (χ1) is 11.7. The first-order valence-corrected chi connectivity index (χ1v) is 8.49. The predicted molar refractivity (Wildman–Crippen MR) is 94.3 cm³/mol.